The number of para-hydroxylation sites is 1. The molecule has 0 atom stereocenters. The standard InChI is InChI=1S/C14H10N/c1-2-10-7-8-14-12(9-10)11-5-3-4-6-13(11)15-14/h1-9,15H. The van der Waals surface area contributed by atoms with Crippen molar-refractivity contribution in [2.75, 3.05) is 0 Å². The predicted octanol–water partition coefficient (Wildman–Crippen LogP) is 3.77. The summed E-state index contributed by atoms with van der Waals surface area (Å²) in [6, 6.07) is 14.5. The summed E-state index contributed by atoms with van der Waals surface area (Å²) in [5, 5.41) is 2.47. The van der Waals surface area contributed by atoms with E-state index in [0.717, 1.165) is 11.1 Å². The minimum Gasteiger partial charge on any atom is -0.355 e. The van der Waals surface area contributed by atoms with Crippen molar-refractivity contribution in [3.8, 4) is 0 Å². The number of hydrogen-bond acceptors (Lipinski definition) is 0. The zero-order valence-corrected chi connectivity index (χ0v) is 8.20. The van der Waals surface area contributed by atoms with Crippen molar-refractivity contribution in [3.63, 3.8) is 0 Å². The number of aromatic amines is 1. The monoisotopic (exact) mass is 192 g/mol. The van der Waals surface area contributed by atoms with E-state index in [9.17, 15) is 0 Å². The number of benzene rings is 2. The Hall–Kier alpha value is -2.02. The zero-order chi connectivity index (χ0) is 10.3. The fourth-order valence-electron chi connectivity index (χ4n) is 1.97. The minimum absolute atomic E-state index is 1.05. The first-order chi connectivity index (χ1) is 7.38. The van der Waals surface area contributed by atoms with Gasteiger partial charge >= 0.3 is 0 Å². The summed E-state index contributed by atoms with van der Waals surface area (Å²) >= 11 is 0. The lowest BCUT2D eigenvalue weighted by Crippen LogP contribution is -1.71. The minimum atomic E-state index is 1.05. The van der Waals surface area contributed by atoms with E-state index >= 15 is 0 Å². The van der Waals surface area contributed by atoms with Crippen LogP contribution >= 0.6 is 0 Å². The highest BCUT2D eigenvalue weighted by atomic mass is 14.7. The van der Waals surface area contributed by atoms with Crippen LogP contribution in [0.15, 0.2) is 42.5 Å². The van der Waals surface area contributed by atoms with Gasteiger partial charge in [-0.05, 0) is 23.8 Å². The molecule has 2 aromatic carbocycles. The van der Waals surface area contributed by atoms with Crippen molar-refractivity contribution in [2.24, 2.45) is 0 Å². The molecule has 71 valence electrons. The van der Waals surface area contributed by atoms with E-state index < -0.39 is 0 Å². The van der Waals surface area contributed by atoms with Gasteiger partial charge < -0.3 is 4.98 Å². The Labute approximate surface area is 88.0 Å². The second-order valence-electron chi connectivity index (χ2n) is 3.64. The second kappa shape index (κ2) is 2.99. The molecule has 1 N–H and O–H groups in total. The molecule has 0 bridgehead atoms. The van der Waals surface area contributed by atoms with Crippen LogP contribution in [0.1, 0.15) is 5.56 Å². The molecule has 0 spiro atoms. The summed E-state index contributed by atoms with van der Waals surface area (Å²) in [6.07, 6.45) is 1.63. The van der Waals surface area contributed by atoms with Gasteiger partial charge in [-0.3, -0.25) is 0 Å². The molecule has 0 unspecified atom stereocenters. The van der Waals surface area contributed by atoms with E-state index in [1.54, 1.807) is 6.08 Å². The Morgan fingerprint density at radius 3 is 2.60 bits per heavy atom. The van der Waals surface area contributed by atoms with Gasteiger partial charge in [-0.15, -0.1) is 0 Å². The second-order valence-corrected chi connectivity index (χ2v) is 3.64. The SMILES string of the molecule is [CH]=Cc1ccc2[nH]c3ccccc3c2c1. The van der Waals surface area contributed by atoms with Crippen molar-refractivity contribution in [2.45, 2.75) is 0 Å². The van der Waals surface area contributed by atoms with Gasteiger partial charge in [0.15, 0.2) is 0 Å². The molecular weight excluding hydrogens is 182 g/mol. The summed E-state index contributed by atoms with van der Waals surface area (Å²) in [5.41, 5.74) is 3.37. The molecule has 1 nitrogen and oxygen atoms in total. The van der Waals surface area contributed by atoms with Gasteiger partial charge in [-0.2, -0.15) is 0 Å². The zero-order valence-electron chi connectivity index (χ0n) is 8.20. The normalized spacial score (nSPS) is 10.9. The highest BCUT2D eigenvalue weighted by Gasteiger charge is 2.02. The lowest BCUT2D eigenvalue weighted by Gasteiger charge is -1.93. The van der Waals surface area contributed by atoms with Crippen LogP contribution in [-0.4, -0.2) is 4.98 Å². The average Bonchev–Trinajstić information content (AvgIpc) is 2.66. The Kier molecular flexibility index (Phi) is 1.65. The molecule has 1 aromatic heterocycles. The summed E-state index contributed by atoms with van der Waals surface area (Å²) < 4.78 is 0. The largest absolute Gasteiger partial charge is 0.355 e. The third-order valence-corrected chi connectivity index (χ3v) is 2.72. The third kappa shape index (κ3) is 1.17. The van der Waals surface area contributed by atoms with E-state index in [0.29, 0.717) is 0 Å². The maximum Gasteiger partial charge on any atom is 0.0465 e. The molecule has 0 saturated carbocycles. The average molecular weight is 192 g/mol. The number of H-pyrrole nitrogens is 1. The third-order valence-electron chi connectivity index (χ3n) is 2.72. The number of nitrogens with one attached hydrogen (secondary N) is 1. The van der Waals surface area contributed by atoms with Crippen LogP contribution in [-0.2, 0) is 0 Å². The van der Waals surface area contributed by atoms with Gasteiger partial charge in [0.1, 0.15) is 0 Å². The van der Waals surface area contributed by atoms with E-state index in [4.69, 9.17) is 6.58 Å². The Morgan fingerprint density at radius 1 is 0.933 bits per heavy atom. The van der Waals surface area contributed by atoms with Crippen LogP contribution in [0.25, 0.3) is 27.9 Å². The van der Waals surface area contributed by atoms with Gasteiger partial charge in [0.2, 0.25) is 0 Å². The Morgan fingerprint density at radius 2 is 1.73 bits per heavy atom. The van der Waals surface area contributed by atoms with Crippen LogP contribution in [0.2, 0.25) is 0 Å². The molecule has 0 amide bonds. The van der Waals surface area contributed by atoms with Crippen LogP contribution in [0.4, 0.5) is 0 Å². The van der Waals surface area contributed by atoms with Crippen LogP contribution < -0.4 is 0 Å². The van der Waals surface area contributed by atoms with E-state index in [2.05, 4.69) is 35.3 Å². The Bertz CT molecular complexity index is 647. The molecule has 0 aliphatic rings. The van der Waals surface area contributed by atoms with E-state index in [1.165, 1.54) is 16.3 Å². The fourth-order valence-corrected chi connectivity index (χ4v) is 1.97. The number of rotatable bonds is 1. The molecule has 0 aliphatic heterocycles. The molecule has 1 heteroatoms. The summed E-state index contributed by atoms with van der Waals surface area (Å²) in [5.74, 6) is 0. The maximum atomic E-state index is 5.52. The summed E-state index contributed by atoms with van der Waals surface area (Å²) in [7, 11) is 0. The fraction of sp³-hybridized carbons (Fsp3) is 0. The maximum absolute atomic E-state index is 5.52. The van der Waals surface area contributed by atoms with E-state index in [-0.39, 0.29) is 0 Å². The number of aromatic nitrogens is 1. The first-order valence-corrected chi connectivity index (χ1v) is 4.94. The van der Waals surface area contributed by atoms with Gasteiger partial charge in [-0.25, -0.2) is 0 Å². The summed E-state index contributed by atoms with van der Waals surface area (Å²) in [6.45, 7) is 5.52. The lowest BCUT2D eigenvalue weighted by molar-refractivity contribution is 1.54. The van der Waals surface area contributed by atoms with Crippen molar-refractivity contribution in [3.05, 3.63) is 54.6 Å². The van der Waals surface area contributed by atoms with Crippen LogP contribution in [0.5, 0.6) is 0 Å². The van der Waals surface area contributed by atoms with Crippen molar-refractivity contribution in [1.29, 1.82) is 0 Å². The van der Waals surface area contributed by atoms with Gasteiger partial charge in [0.25, 0.3) is 0 Å². The molecular formula is C14H10N. The highest BCUT2D eigenvalue weighted by molar-refractivity contribution is 6.07. The lowest BCUT2D eigenvalue weighted by atomic mass is 10.1. The van der Waals surface area contributed by atoms with Gasteiger partial charge in [-0.1, -0.05) is 36.9 Å². The molecule has 0 aliphatic carbocycles. The molecule has 1 heterocycles. The van der Waals surface area contributed by atoms with Crippen molar-refractivity contribution >= 4 is 27.9 Å². The highest BCUT2D eigenvalue weighted by Crippen LogP contribution is 2.26. The Balaban J connectivity index is 2.51. The number of fused-ring (bicyclic) bond motifs is 3. The topological polar surface area (TPSA) is 15.8 Å². The first-order valence-electron chi connectivity index (χ1n) is 4.94. The molecule has 0 fully saturated rings. The smallest absolute Gasteiger partial charge is 0.0465 e. The molecule has 3 aromatic rings. The van der Waals surface area contributed by atoms with Crippen molar-refractivity contribution < 1.29 is 0 Å². The molecule has 1 radical (unpaired) electrons. The van der Waals surface area contributed by atoms with Gasteiger partial charge in [0.05, 0.1) is 0 Å². The molecule has 15 heavy (non-hydrogen) atoms. The molecule has 3 rings (SSSR count). The van der Waals surface area contributed by atoms with Gasteiger partial charge in [0, 0.05) is 21.8 Å². The molecule has 0 saturated heterocycles. The summed E-state index contributed by atoms with van der Waals surface area (Å²) in [4.78, 5) is 3.37. The van der Waals surface area contributed by atoms with Crippen LogP contribution in [0, 0.1) is 6.58 Å². The van der Waals surface area contributed by atoms with Crippen molar-refractivity contribution in [1.82, 2.24) is 4.98 Å². The van der Waals surface area contributed by atoms with Crippen LogP contribution in [0.3, 0.4) is 0 Å². The number of hydrogen-bond donors (Lipinski definition) is 1. The first kappa shape index (κ1) is 8.30. The quantitative estimate of drug-likeness (QED) is 0.604. The van der Waals surface area contributed by atoms with E-state index in [1.807, 2.05) is 12.1 Å². The predicted molar refractivity (Wildman–Crippen MR) is 64.6 cm³/mol.